The molecule has 0 spiro atoms. The van der Waals surface area contributed by atoms with Crippen molar-refractivity contribution in [2.45, 2.75) is 24.0 Å². The molecule has 34 heavy (non-hydrogen) atoms. The van der Waals surface area contributed by atoms with Gasteiger partial charge in [0, 0.05) is 17.5 Å². The van der Waals surface area contributed by atoms with Gasteiger partial charge in [0.2, 0.25) is 0 Å². The van der Waals surface area contributed by atoms with E-state index < -0.39 is 0 Å². The van der Waals surface area contributed by atoms with Gasteiger partial charge in [0.25, 0.3) is 5.91 Å². The van der Waals surface area contributed by atoms with E-state index in [-0.39, 0.29) is 11.7 Å². The fourth-order valence-electron chi connectivity index (χ4n) is 3.55. The molecule has 0 aliphatic carbocycles. The number of imidazole rings is 1. The Labute approximate surface area is 199 Å². The summed E-state index contributed by atoms with van der Waals surface area (Å²) in [7, 11) is 0. The third kappa shape index (κ3) is 5.02. The van der Waals surface area contributed by atoms with E-state index in [0.29, 0.717) is 30.2 Å². The number of nitrogens with zero attached hydrogens (tertiary/aromatic N) is 3. The third-order valence-electron chi connectivity index (χ3n) is 5.31. The van der Waals surface area contributed by atoms with Crippen molar-refractivity contribution in [3.8, 4) is 0 Å². The van der Waals surface area contributed by atoms with Crippen LogP contribution in [0, 0.1) is 5.82 Å². The van der Waals surface area contributed by atoms with Crippen molar-refractivity contribution < 1.29 is 13.6 Å². The number of carbonyl (C=O) groups excluding carboxylic acids is 1. The molecule has 2 aromatic carbocycles. The maximum atomic E-state index is 13.3. The van der Waals surface area contributed by atoms with Crippen molar-refractivity contribution in [3.05, 3.63) is 114 Å². The fraction of sp³-hybridized carbons (Fsp3) is 0.115. The van der Waals surface area contributed by atoms with Crippen LogP contribution in [0.25, 0.3) is 11.2 Å². The van der Waals surface area contributed by atoms with E-state index in [4.69, 9.17) is 9.40 Å². The number of thioether (sulfide) groups is 1. The molecule has 0 aliphatic heterocycles. The van der Waals surface area contributed by atoms with Crippen LogP contribution >= 0.6 is 11.8 Å². The Bertz CT molecular complexity index is 1400. The van der Waals surface area contributed by atoms with Crippen LogP contribution in [0.3, 0.4) is 0 Å². The summed E-state index contributed by atoms with van der Waals surface area (Å²) in [5.74, 6) is 0.980. The van der Waals surface area contributed by atoms with Gasteiger partial charge in [-0.2, -0.15) is 0 Å². The van der Waals surface area contributed by atoms with E-state index in [2.05, 4.69) is 10.3 Å². The molecule has 6 nitrogen and oxygen atoms in total. The minimum Gasteiger partial charge on any atom is -0.467 e. The van der Waals surface area contributed by atoms with Gasteiger partial charge in [-0.25, -0.2) is 14.4 Å². The summed E-state index contributed by atoms with van der Waals surface area (Å²) in [5.41, 5.74) is 4.24. The molecule has 1 N–H and O–H groups in total. The number of nitrogens with one attached hydrogen (secondary N) is 1. The molecule has 3 aromatic heterocycles. The van der Waals surface area contributed by atoms with Gasteiger partial charge in [0.05, 0.1) is 19.4 Å². The highest BCUT2D eigenvalue weighted by Gasteiger charge is 2.13. The lowest BCUT2D eigenvalue weighted by atomic mass is 10.1. The number of hydrogen-bond acceptors (Lipinski definition) is 5. The van der Waals surface area contributed by atoms with Gasteiger partial charge in [-0.3, -0.25) is 9.36 Å². The lowest BCUT2D eigenvalue weighted by molar-refractivity contribution is 0.0948. The lowest BCUT2D eigenvalue weighted by Crippen LogP contribution is -2.22. The third-order valence-corrected chi connectivity index (χ3v) is 6.36. The van der Waals surface area contributed by atoms with E-state index in [1.54, 1.807) is 42.4 Å². The number of halogens is 1. The maximum absolute atomic E-state index is 13.3. The van der Waals surface area contributed by atoms with E-state index in [9.17, 15) is 9.18 Å². The Hall–Kier alpha value is -3.91. The molecule has 0 fully saturated rings. The van der Waals surface area contributed by atoms with Crippen LogP contribution in [0.4, 0.5) is 4.39 Å². The zero-order valence-corrected chi connectivity index (χ0v) is 19.0. The highest BCUT2D eigenvalue weighted by molar-refractivity contribution is 7.98. The molecule has 0 radical (unpaired) electrons. The van der Waals surface area contributed by atoms with E-state index in [1.165, 1.54) is 12.1 Å². The van der Waals surface area contributed by atoms with Crippen molar-refractivity contribution in [1.82, 2.24) is 19.9 Å². The van der Waals surface area contributed by atoms with Crippen LogP contribution in [0.1, 0.15) is 27.2 Å². The summed E-state index contributed by atoms with van der Waals surface area (Å²) in [6, 6.07) is 21.4. The van der Waals surface area contributed by atoms with Gasteiger partial charge in [0.1, 0.15) is 17.1 Å². The fourth-order valence-corrected chi connectivity index (χ4v) is 4.50. The topological polar surface area (TPSA) is 73.0 Å². The first-order chi connectivity index (χ1) is 16.7. The number of furan rings is 1. The maximum Gasteiger partial charge on any atom is 0.251 e. The predicted octanol–water partition coefficient (Wildman–Crippen LogP) is 5.43. The number of carbonyl (C=O) groups is 1. The number of hydrogen-bond donors (Lipinski definition) is 1. The molecule has 0 saturated carbocycles. The Kier molecular flexibility index (Phi) is 6.40. The Morgan fingerprint density at radius 1 is 1.00 bits per heavy atom. The number of amides is 1. The number of rotatable bonds is 8. The first kappa shape index (κ1) is 21.9. The number of aromatic nitrogens is 3. The van der Waals surface area contributed by atoms with E-state index >= 15 is 0 Å². The monoisotopic (exact) mass is 472 g/mol. The van der Waals surface area contributed by atoms with E-state index in [0.717, 1.165) is 27.4 Å². The smallest absolute Gasteiger partial charge is 0.251 e. The number of benzene rings is 2. The molecule has 0 aliphatic rings. The van der Waals surface area contributed by atoms with Crippen molar-refractivity contribution in [3.63, 3.8) is 0 Å². The van der Waals surface area contributed by atoms with Crippen molar-refractivity contribution in [2.24, 2.45) is 0 Å². The summed E-state index contributed by atoms with van der Waals surface area (Å²) in [6.07, 6.45) is 3.33. The van der Waals surface area contributed by atoms with Gasteiger partial charge < -0.3 is 9.73 Å². The summed E-state index contributed by atoms with van der Waals surface area (Å²) >= 11 is 1.60. The quantitative estimate of drug-likeness (QED) is 0.305. The second-order valence-corrected chi connectivity index (χ2v) is 8.64. The molecule has 8 heteroatoms. The summed E-state index contributed by atoms with van der Waals surface area (Å²) < 4.78 is 20.6. The van der Waals surface area contributed by atoms with Crippen LogP contribution in [0.5, 0.6) is 0 Å². The molecule has 1 amide bonds. The first-order valence-corrected chi connectivity index (χ1v) is 11.7. The molecule has 5 rings (SSSR count). The molecule has 0 unspecified atom stereocenters. The molecule has 5 aromatic rings. The molecule has 170 valence electrons. The highest BCUT2D eigenvalue weighted by atomic mass is 32.2. The Morgan fingerprint density at radius 3 is 2.56 bits per heavy atom. The molecule has 3 heterocycles. The minimum absolute atomic E-state index is 0.150. The van der Waals surface area contributed by atoms with Crippen molar-refractivity contribution in [1.29, 1.82) is 0 Å². The summed E-state index contributed by atoms with van der Waals surface area (Å²) in [5, 5.41) is 3.68. The summed E-state index contributed by atoms with van der Waals surface area (Å²) in [6.45, 7) is 0.895. The molecular weight excluding hydrogens is 451 g/mol. The van der Waals surface area contributed by atoms with Crippen LogP contribution in [0.2, 0.25) is 0 Å². The van der Waals surface area contributed by atoms with Crippen LogP contribution in [0.15, 0.2) is 94.8 Å². The molecule has 0 atom stereocenters. The van der Waals surface area contributed by atoms with Crippen LogP contribution < -0.4 is 5.32 Å². The number of pyridine rings is 1. The SMILES string of the molecule is O=C(NCc1ccco1)c1ccc(CSc2nc3cccnc3n2Cc2ccc(F)cc2)cc1. The zero-order chi connectivity index (χ0) is 23.3. The molecular formula is C26H21FN4O2S. The standard InChI is InChI=1S/C26H21FN4O2S/c27-21-11-7-18(8-12-21)16-31-24-23(4-1-13-28-24)30-26(31)34-17-19-5-9-20(10-6-19)25(32)29-15-22-3-2-14-33-22/h1-14H,15-17H2,(H,29,32). The minimum atomic E-state index is -0.259. The van der Waals surface area contributed by atoms with Crippen LogP contribution in [-0.2, 0) is 18.8 Å². The molecule has 0 saturated heterocycles. The van der Waals surface area contributed by atoms with Gasteiger partial charge in [0.15, 0.2) is 10.8 Å². The van der Waals surface area contributed by atoms with E-state index in [1.807, 2.05) is 47.0 Å². The van der Waals surface area contributed by atoms with Gasteiger partial charge in [-0.15, -0.1) is 0 Å². The van der Waals surface area contributed by atoms with Gasteiger partial charge in [-0.1, -0.05) is 36.0 Å². The normalized spacial score (nSPS) is 11.1. The largest absolute Gasteiger partial charge is 0.467 e. The Balaban J connectivity index is 1.28. The molecule has 0 bridgehead atoms. The van der Waals surface area contributed by atoms with Crippen molar-refractivity contribution in [2.75, 3.05) is 0 Å². The van der Waals surface area contributed by atoms with Gasteiger partial charge >= 0.3 is 0 Å². The average molecular weight is 473 g/mol. The second kappa shape index (κ2) is 9.93. The summed E-state index contributed by atoms with van der Waals surface area (Å²) in [4.78, 5) is 21.6. The number of fused-ring (bicyclic) bond motifs is 1. The first-order valence-electron chi connectivity index (χ1n) is 10.7. The second-order valence-electron chi connectivity index (χ2n) is 7.70. The average Bonchev–Trinajstić information content (AvgIpc) is 3.51. The lowest BCUT2D eigenvalue weighted by Gasteiger charge is -2.09. The zero-order valence-electron chi connectivity index (χ0n) is 18.1. The van der Waals surface area contributed by atoms with Gasteiger partial charge in [-0.05, 0) is 59.7 Å². The Morgan fingerprint density at radius 2 is 1.79 bits per heavy atom. The highest BCUT2D eigenvalue weighted by Crippen LogP contribution is 2.27. The van der Waals surface area contributed by atoms with Crippen LogP contribution in [-0.4, -0.2) is 20.4 Å². The predicted molar refractivity (Wildman–Crippen MR) is 129 cm³/mol. The van der Waals surface area contributed by atoms with Crippen molar-refractivity contribution >= 4 is 28.8 Å².